The Morgan fingerprint density at radius 3 is 2.35 bits per heavy atom. The molecule has 0 aliphatic heterocycles. The molecule has 0 aliphatic rings. The fourth-order valence-corrected chi connectivity index (χ4v) is 2.29. The molecule has 0 amide bonds. The van der Waals surface area contributed by atoms with E-state index in [1.807, 2.05) is 37.3 Å². The highest BCUT2D eigenvalue weighted by Gasteiger charge is 2.16. The smallest absolute Gasteiger partial charge is 0.298 e. The van der Waals surface area contributed by atoms with Crippen LogP contribution in [0.25, 0.3) is 0 Å². The molecule has 0 unspecified atom stereocenters. The van der Waals surface area contributed by atoms with Gasteiger partial charge in [-0.25, -0.2) is 0 Å². The van der Waals surface area contributed by atoms with Gasteiger partial charge in [-0.15, -0.1) is 0 Å². The second-order valence-corrected chi connectivity index (χ2v) is 5.59. The zero-order chi connectivity index (χ0) is 13.9. The lowest BCUT2D eigenvalue weighted by molar-refractivity contribution is 0.296. The zero-order valence-electron chi connectivity index (χ0n) is 10.9. The molecule has 2 aromatic rings. The highest BCUT2D eigenvalue weighted by atomic mass is 32.2. The van der Waals surface area contributed by atoms with E-state index in [1.165, 1.54) is 6.07 Å². The van der Waals surface area contributed by atoms with E-state index in [2.05, 4.69) is 0 Å². The lowest BCUT2D eigenvalue weighted by Crippen LogP contribution is -2.04. The van der Waals surface area contributed by atoms with Crippen LogP contribution in [0.3, 0.4) is 0 Å². The van der Waals surface area contributed by atoms with Gasteiger partial charge in [-0.1, -0.05) is 36.4 Å². The minimum atomic E-state index is -4.28. The number of hydrogen-bond acceptors (Lipinski definition) is 3. The first-order valence-corrected chi connectivity index (χ1v) is 7.16. The molecule has 2 rings (SSSR count). The van der Waals surface area contributed by atoms with Crippen LogP contribution >= 0.6 is 0 Å². The summed E-state index contributed by atoms with van der Waals surface area (Å²) in [6, 6.07) is 13.9. The molecule has 20 heavy (non-hydrogen) atoms. The van der Waals surface area contributed by atoms with E-state index in [4.69, 9.17) is 9.29 Å². The van der Waals surface area contributed by atoms with Crippen molar-refractivity contribution in [2.45, 2.75) is 18.4 Å². The third kappa shape index (κ3) is 4.06. The molecule has 0 saturated carbocycles. The van der Waals surface area contributed by atoms with Crippen LogP contribution in [0.15, 0.2) is 53.4 Å². The average Bonchev–Trinajstić information content (AvgIpc) is 2.36. The van der Waals surface area contributed by atoms with Crippen molar-refractivity contribution >= 4 is 10.1 Å². The van der Waals surface area contributed by atoms with Gasteiger partial charge in [0.05, 0.1) is 0 Å². The van der Waals surface area contributed by atoms with Crippen LogP contribution in [0.4, 0.5) is 0 Å². The fraction of sp³-hybridized carbons (Fsp3) is 0.143. The lowest BCUT2D eigenvalue weighted by Gasteiger charge is -2.10. The van der Waals surface area contributed by atoms with Crippen molar-refractivity contribution < 1.29 is 23.2 Å². The first kappa shape index (κ1) is 16.2. The van der Waals surface area contributed by atoms with Crippen molar-refractivity contribution in [3.8, 4) is 5.75 Å². The molecular formula is C14H16O5S. The van der Waals surface area contributed by atoms with E-state index in [1.54, 1.807) is 12.1 Å². The standard InChI is InChI=1S/C14H14O4S.H2O/c1-11-7-8-14(19(15,16)17)13(9-11)18-10-12-5-3-2-4-6-12;/h2-9H,10H2,1H3,(H,15,16,17);1H2. The molecule has 5 nitrogen and oxygen atoms in total. The summed E-state index contributed by atoms with van der Waals surface area (Å²) in [5, 5.41) is 0. The van der Waals surface area contributed by atoms with Gasteiger partial charge in [0.1, 0.15) is 17.3 Å². The van der Waals surface area contributed by atoms with Crippen LogP contribution in [0.2, 0.25) is 0 Å². The van der Waals surface area contributed by atoms with Gasteiger partial charge in [-0.3, -0.25) is 4.55 Å². The van der Waals surface area contributed by atoms with Crippen molar-refractivity contribution in [2.75, 3.05) is 0 Å². The molecule has 0 spiro atoms. The second kappa shape index (κ2) is 6.51. The third-order valence-electron chi connectivity index (χ3n) is 2.61. The van der Waals surface area contributed by atoms with Crippen molar-refractivity contribution in [3.05, 3.63) is 59.7 Å². The van der Waals surface area contributed by atoms with Crippen molar-refractivity contribution in [2.24, 2.45) is 0 Å². The minimum Gasteiger partial charge on any atom is -0.487 e. The number of ether oxygens (including phenoxy) is 1. The van der Waals surface area contributed by atoms with Crippen LogP contribution in [0, 0.1) is 6.92 Å². The monoisotopic (exact) mass is 296 g/mol. The SMILES string of the molecule is Cc1ccc(S(=O)(=O)O)c(OCc2ccccc2)c1.O. The Bertz CT molecular complexity index is 665. The Morgan fingerprint density at radius 1 is 1.10 bits per heavy atom. The highest BCUT2D eigenvalue weighted by Crippen LogP contribution is 2.25. The summed E-state index contributed by atoms with van der Waals surface area (Å²) < 4.78 is 37.1. The number of hydrogen-bond donors (Lipinski definition) is 1. The summed E-state index contributed by atoms with van der Waals surface area (Å²) in [5.41, 5.74) is 1.78. The molecule has 6 heteroatoms. The van der Waals surface area contributed by atoms with Gasteiger partial charge in [0.25, 0.3) is 10.1 Å². The van der Waals surface area contributed by atoms with Crippen LogP contribution < -0.4 is 4.74 Å². The molecule has 0 heterocycles. The molecule has 0 fully saturated rings. The first-order valence-electron chi connectivity index (χ1n) is 5.72. The molecule has 0 aromatic heterocycles. The van der Waals surface area contributed by atoms with Gasteiger partial charge in [0.2, 0.25) is 0 Å². The van der Waals surface area contributed by atoms with Crippen molar-refractivity contribution in [1.29, 1.82) is 0 Å². The van der Waals surface area contributed by atoms with E-state index >= 15 is 0 Å². The summed E-state index contributed by atoms with van der Waals surface area (Å²) in [7, 11) is -4.28. The van der Waals surface area contributed by atoms with Gasteiger partial charge in [0.15, 0.2) is 0 Å². The normalized spacial score (nSPS) is 10.7. The molecule has 0 saturated heterocycles. The van der Waals surface area contributed by atoms with Crippen LogP contribution in [0.5, 0.6) is 5.75 Å². The third-order valence-corrected chi connectivity index (χ3v) is 3.51. The predicted octanol–water partition coefficient (Wildman–Crippen LogP) is 2.00. The molecule has 3 N–H and O–H groups in total. The molecule has 2 aromatic carbocycles. The van der Waals surface area contributed by atoms with Gasteiger partial charge in [0, 0.05) is 0 Å². The molecule has 0 atom stereocenters. The Morgan fingerprint density at radius 2 is 1.75 bits per heavy atom. The molecule has 0 aliphatic carbocycles. The molecular weight excluding hydrogens is 280 g/mol. The summed E-state index contributed by atoms with van der Waals surface area (Å²) in [5.74, 6) is 0.159. The summed E-state index contributed by atoms with van der Waals surface area (Å²) in [6.07, 6.45) is 0. The van der Waals surface area contributed by atoms with Crippen LogP contribution in [0.1, 0.15) is 11.1 Å². The quantitative estimate of drug-likeness (QED) is 0.873. The van der Waals surface area contributed by atoms with Crippen LogP contribution in [-0.4, -0.2) is 18.4 Å². The summed E-state index contributed by atoms with van der Waals surface area (Å²) in [4.78, 5) is -0.214. The van der Waals surface area contributed by atoms with Crippen LogP contribution in [-0.2, 0) is 16.7 Å². The molecule has 0 bridgehead atoms. The second-order valence-electron chi connectivity index (χ2n) is 4.20. The predicted molar refractivity (Wildman–Crippen MR) is 75.4 cm³/mol. The van der Waals surface area contributed by atoms with E-state index in [9.17, 15) is 8.42 Å². The van der Waals surface area contributed by atoms with Gasteiger partial charge in [-0.2, -0.15) is 8.42 Å². The van der Waals surface area contributed by atoms with E-state index in [0.29, 0.717) is 0 Å². The summed E-state index contributed by atoms with van der Waals surface area (Å²) >= 11 is 0. The zero-order valence-corrected chi connectivity index (χ0v) is 11.7. The van der Waals surface area contributed by atoms with E-state index in [-0.39, 0.29) is 22.7 Å². The van der Waals surface area contributed by atoms with Crippen molar-refractivity contribution in [1.82, 2.24) is 0 Å². The van der Waals surface area contributed by atoms with E-state index in [0.717, 1.165) is 11.1 Å². The first-order chi connectivity index (χ1) is 8.97. The highest BCUT2D eigenvalue weighted by molar-refractivity contribution is 7.86. The Hall–Kier alpha value is -1.89. The lowest BCUT2D eigenvalue weighted by atomic mass is 10.2. The van der Waals surface area contributed by atoms with Gasteiger partial charge in [-0.05, 0) is 30.2 Å². The van der Waals surface area contributed by atoms with Gasteiger partial charge < -0.3 is 10.2 Å². The minimum absolute atomic E-state index is 0. The Kier molecular flexibility index (Phi) is 5.26. The van der Waals surface area contributed by atoms with Gasteiger partial charge >= 0.3 is 0 Å². The average molecular weight is 296 g/mol. The Balaban J connectivity index is 0.00000200. The number of rotatable bonds is 4. The van der Waals surface area contributed by atoms with Crippen molar-refractivity contribution in [3.63, 3.8) is 0 Å². The van der Waals surface area contributed by atoms with E-state index < -0.39 is 10.1 Å². The largest absolute Gasteiger partial charge is 0.487 e. The topological polar surface area (TPSA) is 95.1 Å². The Labute approximate surface area is 117 Å². The summed E-state index contributed by atoms with van der Waals surface area (Å²) in [6.45, 7) is 2.07. The fourth-order valence-electron chi connectivity index (χ4n) is 1.68. The maximum Gasteiger partial charge on any atom is 0.298 e. The molecule has 0 radical (unpaired) electrons. The maximum atomic E-state index is 11.3. The number of aryl methyl sites for hydroxylation is 1. The molecule has 108 valence electrons. The maximum absolute atomic E-state index is 11.3. The number of benzene rings is 2.